The number of hydrogen-bond acceptors (Lipinski definition) is 4. The molecule has 2 heterocycles. The molecule has 1 aliphatic rings. The quantitative estimate of drug-likeness (QED) is 0.878. The third-order valence-corrected chi connectivity index (χ3v) is 4.83. The van der Waals surface area contributed by atoms with Gasteiger partial charge in [-0.1, -0.05) is 42.1 Å². The van der Waals surface area contributed by atoms with Gasteiger partial charge < -0.3 is 9.88 Å². The van der Waals surface area contributed by atoms with Crippen molar-refractivity contribution < 1.29 is 0 Å². The maximum atomic E-state index is 4.40. The van der Waals surface area contributed by atoms with Crippen molar-refractivity contribution in [3.05, 3.63) is 41.7 Å². The number of hydrogen-bond donors (Lipinski definition) is 1. The first-order valence-electron chi connectivity index (χ1n) is 7.11. The summed E-state index contributed by atoms with van der Waals surface area (Å²) in [6, 6.07) is 10.5. The fourth-order valence-corrected chi connectivity index (χ4v) is 3.48. The highest BCUT2D eigenvalue weighted by atomic mass is 32.2. The lowest BCUT2D eigenvalue weighted by Gasteiger charge is -2.21. The van der Waals surface area contributed by atoms with Crippen LogP contribution in [0.2, 0.25) is 0 Å². The summed E-state index contributed by atoms with van der Waals surface area (Å²) in [6.45, 7) is 2.15. The van der Waals surface area contributed by atoms with Crippen LogP contribution in [0.15, 0.2) is 35.5 Å². The molecule has 1 saturated heterocycles. The lowest BCUT2D eigenvalue weighted by molar-refractivity contribution is 0.436. The van der Waals surface area contributed by atoms with E-state index in [1.807, 2.05) is 6.07 Å². The highest BCUT2D eigenvalue weighted by Crippen LogP contribution is 2.26. The molecular weight excluding hydrogens is 268 g/mol. The maximum absolute atomic E-state index is 4.40. The minimum Gasteiger partial charge on any atom is -0.316 e. The van der Waals surface area contributed by atoms with E-state index in [1.54, 1.807) is 11.8 Å². The van der Waals surface area contributed by atoms with Crippen molar-refractivity contribution in [1.82, 2.24) is 20.1 Å². The highest BCUT2D eigenvalue weighted by molar-refractivity contribution is 7.98. The monoisotopic (exact) mass is 288 g/mol. The molecule has 1 aromatic heterocycles. The van der Waals surface area contributed by atoms with Gasteiger partial charge in [0.15, 0.2) is 5.16 Å². The van der Waals surface area contributed by atoms with Crippen molar-refractivity contribution in [2.24, 2.45) is 7.05 Å². The Bertz CT molecular complexity index is 546. The molecule has 1 aromatic carbocycles. The molecule has 4 nitrogen and oxygen atoms in total. The predicted molar refractivity (Wildman–Crippen MR) is 81.9 cm³/mol. The molecular formula is C15H20N4S. The van der Waals surface area contributed by atoms with Gasteiger partial charge in [0, 0.05) is 25.3 Å². The van der Waals surface area contributed by atoms with Gasteiger partial charge in [0.25, 0.3) is 0 Å². The number of piperidine rings is 1. The summed E-state index contributed by atoms with van der Waals surface area (Å²) in [5.74, 6) is 2.57. The second-order valence-corrected chi connectivity index (χ2v) is 6.16. The summed E-state index contributed by atoms with van der Waals surface area (Å²) in [6.07, 6.45) is 2.44. The van der Waals surface area contributed by atoms with Crippen LogP contribution in [0.1, 0.15) is 30.1 Å². The predicted octanol–water partition coefficient (Wildman–Crippen LogP) is 2.57. The first kappa shape index (κ1) is 13.6. The Balaban J connectivity index is 1.67. The molecule has 1 aliphatic heterocycles. The third kappa shape index (κ3) is 3.04. The topological polar surface area (TPSA) is 42.7 Å². The average molecular weight is 288 g/mol. The molecule has 1 fully saturated rings. The van der Waals surface area contributed by atoms with Crippen molar-refractivity contribution >= 4 is 11.8 Å². The summed E-state index contributed by atoms with van der Waals surface area (Å²) in [5.41, 5.74) is 1.32. The first-order valence-corrected chi connectivity index (χ1v) is 8.10. The molecule has 2 aromatic rings. The molecule has 1 N–H and O–H groups in total. The molecule has 0 spiro atoms. The summed E-state index contributed by atoms with van der Waals surface area (Å²) in [4.78, 5) is 0. The molecule has 5 heteroatoms. The SMILES string of the molecule is Cn1c(SCc2ccccc2)nnc1[C@H]1CCCNC1. The van der Waals surface area contributed by atoms with E-state index in [4.69, 9.17) is 0 Å². The third-order valence-electron chi connectivity index (χ3n) is 3.74. The van der Waals surface area contributed by atoms with Crippen LogP contribution in [0.4, 0.5) is 0 Å². The summed E-state index contributed by atoms with van der Waals surface area (Å²) in [7, 11) is 2.08. The number of rotatable bonds is 4. The van der Waals surface area contributed by atoms with Gasteiger partial charge in [-0.2, -0.15) is 0 Å². The van der Waals surface area contributed by atoms with E-state index in [0.717, 1.165) is 29.8 Å². The fourth-order valence-electron chi connectivity index (χ4n) is 2.60. The van der Waals surface area contributed by atoms with E-state index >= 15 is 0 Å². The smallest absolute Gasteiger partial charge is 0.191 e. The van der Waals surface area contributed by atoms with E-state index in [-0.39, 0.29) is 0 Å². The summed E-state index contributed by atoms with van der Waals surface area (Å²) < 4.78 is 2.16. The number of aromatic nitrogens is 3. The minimum atomic E-state index is 0.507. The largest absolute Gasteiger partial charge is 0.316 e. The van der Waals surface area contributed by atoms with Crippen LogP contribution in [0, 0.1) is 0 Å². The molecule has 1 atom stereocenters. The number of benzene rings is 1. The molecule has 0 amide bonds. The molecule has 0 bridgehead atoms. The van der Waals surface area contributed by atoms with Gasteiger partial charge in [0.1, 0.15) is 5.82 Å². The van der Waals surface area contributed by atoms with Crippen LogP contribution in [0.25, 0.3) is 0 Å². The Morgan fingerprint density at radius 3 is 2.90 bits per heavy atom. The van der Waals surface area contributed by atoms with Crippen LogP contribution < -0.4 is 5.32 Å². The molecule has 20 heavy (non-hydrogen) atoms. The van der Waals surface area contributed by atoms with Gasteiger partial charge in [-0.15, -0.1) is 10.2 Å². The molecule has 106 valence electrons. The van der Waals surface area contributed by atoms with Gasteiger partial charge in [-0.25, -0.2) is 0 Å². The normalized spacial score (nSPS) is 19.1. The van der Waals surface area contributed by atoms with E-state index in [0.29, 0.717) is 5.92 Å². The Morgan fingerprint density at radius 1 is 1.30 bits per heavy atom. The molecule has 0 radical (unpaired) electrons. The molecule has 0 unspecified atom stereocenters. The Hall–Kier alpha value is -1.33. The fraction of sp³-hybridized carbons (Fsp3) is 0.467. The van der Waals surface area contributed by atoms with Gasteiger partial charge in [0.2, 0.25) is 0 Å². The van der Waals surface area contributed by atoms with Gasteiger partial charge in [-0.3, -0.25) is 0 Å². The van der Waals surface area contributed by atoms with E-state index in [1.165, 1.54) is 18.4 Å². The van der Waals surface area contributed by atoms with Gasteiger partial charge in [0.05, 0.1) is 0 Å². The lowest BCUT2D eigenvalue weighted by Crippen LogP contribution is -2.29. The van der Waals surface area contributed by atoms with Gasteiger partial charge >= 0.3 is 0 Å². The molecule has 3 rings (SSSR count). The summed E-state index contributed by atoms with van der Waals surface area (Å²) >= 11 is 1.75. The zero-order valence-corrected chi connectivity index (χ0v) is 12.6. The Labute approximate surface area is 124 Å². The lowest BCUT2D eigenvalue weighted by atomic mass is 9.99. The summed E-state index contributed by atoms with van der Waals surface area (Å²) in [5, 5.41) is 13.2. The molecule has 0 saturated carbocycles. The zero-order valence-electron chi connectivity index (χ0n) is 11.7. The van der Waals surface area contributed by atoms with Crippen molar-refractivity contribution in [2.45, 2.75) is 29.7 Å². The van der Waals surface area contributed by atoms with Crippen molar-refractivity contribution in [3.8, 4) is 0 Å². The van der Waals surface area contributed by atoms with Crippen molar-refractivity contribution in [1.29, 1.82) is 0 Å². The average Bonchev–Trinajstić information content (AvgIpc) is 2.88. The number of nitrogens with one attached hydrogen (secondary N) is 1. The van der Waals surface area contributed by atoms with E-state index in [9.17, 15) is 0 Å². The first-order chi connectivity index (χ1) is 9.84. The Kier molecular flexibility index (Phi) is 4.38. The van der Waals surface area contributed by atoms with Crippen LogP contribution in [-0.4, -0.2) is 27.9 Å². The van der Waals surface area contributed by atoms with Crippen LogP contribution in [0.3, 0.4) is 0 Å². The van der Waals surface area contributed by atoms with Crippen molar-refractivity contribution in [3.63, 3.8) is 0 Å². The van der Waals surface area contributed by atoms with Crippen LogP contribution in [0.5, 0.6) is 0 Å². The second kappa shape index (κ2) is 6.41. The molecule has 0 aliphatic carbocycles. The van der Waals surface area contributed by atoms with Gasteiger partial charge in [-0.05, 0) is 24.9 Å². The maximum Gasteiger partial charge on any atom is 0.191 e. The zero-order chi connectivity index (χ0) is 13.8. The minimum absolute atomic E-state index is 0.507. The number of nitrogens with zero attached hydrogens (tertiary/aromatic N) is 3. The van der Waals surface area contributed by atoms with Crippen LogP contribution >= 0.6 is 11.8 Å². The highest BCUT2D eigenvalue weighted by Gasteiger charge is 2.21. The van der Waals surface area contributed by atoms with Crippen molar-refractivity contribution in [2.75, 3.05) is 13.1 Å². The van der Waals surface area contributed by atoms with E-state index in [2.05, 4.69) is 51.4 Å². The Morgan fingerprint density at radius 2 is 2.15 bits per heavy atom. The number of thioether (sulfide) groups is 1. The van der Waals surface area contributed by atoms with E-state index < -0.39 is 0 Å². The second-order valence-electron chi connectivity index (χ2n) is 5.22. The van der Waals surface area contributed by atoms with Crippen LogP contribution in [-0.2, 0) is 12.8 Å². The standard InChI is InChI=1S/C15H20N4S/c1-19-14(13-8-5-9-16-10-13)17-18-15(19)20-11-12-6-3-2-4-7-12/h2-4,6-7,13,16H,5,8-11H2,1H3/t13-/m0/s1.